The van der Waals surface area contributed by atoms with Crippen LogP contribution in [0.15, 0.2) is 12.3 Å². The van der Waals surface area contributed by atoms with E-state index in [9.17, 15) is 30.8 Å². The molecule has 0 spiro atoms. The largest absolute Gasteiger partial charge is 0.300 e. The van der Waals surface area contributed by atoms with Crippen LogP contribution in [0.5, 0.6) is 0 Å². The van der Waals surface area contributed by atoms with Gasteiger partial charge in [0, 0.05) is 6.42 Å². The number of nitro groups is 2. The van der Waals surface area contributed by atoms with Crippen LogP contribution in [0.25, 0.3) is 0 Å². The molecule has 0 aromatic carbocycles. The normalized spacial score (nSPS) is 9.95. The fourth-order valence-corrected chi connectivity index (χ4v) is 1.63. The second-order valence-corrected chi connectivity index (χ2v) is 3.91. The van der Waals surface area contributed by atoms with Gasteiger partial charge in [-0.1, -0.05) is 0 Å². The van der Waals surface area contributed by atoms with E-state index in [2.05, 4.69) is 10.9 Å². The summed E-state index contributed by atoms with van der Waals surface area (Å²) in [5.74, 6) is 2.23. The van der Waals surface area contributed by atoms with Crippen LogP contribution in [0.3, 0.4) is 0 Å². The van der Waals surface area contributed by atoms with Gasteiger partial charge in [0.1, 0.15) is 6.20 Å². The van der Waals surface area contributed by atoms with E-state index in [1.165, 1.54) is 0 Å². The van der Waals surface area contributed by atoms with Crippen LogP contribution >= 0.6 is 0 Å². The molecule has 0 fully saturated rings. The van der Waals surface area contributed by atoms with E-state index in [0.29, 0.717) is 6.07 Å². The monoisotopic (exact) mass is 285 g/mol. The number of aromatic nitrogens is 1. The zero-order valence-corrected chi connectivity index (χ0v) is 10.5. The van der Waals surface area contributed by atoms with Crippen LogP contribution in [0, 0.1) is 55.2 Å². The molecular formula is C12H7N5O4. The smallest absolute Gasteiger partial charge is 0.258 e. The van der Waals surface area contributed by atoms with E-state index in [-0.39, 0.29) is 12.8 Å². The van der Waals surface area contributed by atoms with Gasteiger partial charge in [-0.3, -0.25) is 20.2 Å². The first kappa shape index (κ1) is 15.5. The predicted molar refractivity (Wildman–Crippen MR) is 68.5 cm³/mol. The molecule has 0 atom stereocenters. The van der Waals surface area contributed by atoms with Crippen molar-refractivity contribution in [3.8, 4) is 24.5 Å². The fraction of sp³-hybridized carbons (Fsp3) is 0.250. The van der Waals surface area contributed by atoms with Crippen LogP contribution in [0.1, 0.15) is 18.5 Å². The van der Waals surface area contributed by atoms with E-state index >= 15 is 0 Å². The number of pyridine rings is 1. The van der Waals surface area contributed by atoms with Crippen molar-refractivity contribution in [2.45, 2.75) is 18.3 Å². The van der Waals surface area contributed by atoms with Gasteiger partial charge in [0.05, 0.1) is 28.1 Å². The number of hydrogen-bond donors (Lipinski definition) is 0. The first-order valence-corrected chi connectivity index (χ1v) is 5.47. The zero-order chi connectivity index (χ0) is 16.0. The fourth-order valence-electron chi connectivity index (χ4n) is 1.63. The molecule has 0 saturated heterocycles. The summed E-state index contributed by atoms with van der Waals surface area (Å²) in [6.07, 6.45) is 5.70. The molecule has 104 valence electrons. The Labute approximate surface area is 118 Å². The van der Waals surface area contributed by atoms with E-state index < -0.39 is 32.3 Å². The van der Waals surface area contributed by atoms with Crippen molar-refractivity contribution in [1.29, 1.82) is 10.5 Å². The van der Waals surface area contributed by atoms with Crippen LogP contribution < -0.4 is 0 Å². The summed E-state index contributed by atoms with van der Waals surface area (Å²) >= 11 is 0. The second-order valence-electron chi connectivity index (χ2n) is 3.91. The van der Waals surface area contributed by atoms with Crippen LogP contribution in [0.4, 0.5) is 11.4 Å². The van der Waals surface area contributed by atoms with Gasteiger partial charge in [-0.15, -0.1) is 12.3 Å². The van der Waals surface area contributed by atoms with Gasteiger partial charge < -0.3 is 0 Å². The minimum atomic E-state index is -1.93. The Bertz CT molecular complexity index is 709. The lowest BCUT2D eigenvalue weighted by molar-refractivity contribution is -0.395. The molecule has 1 aromatic heterocycles. The lowest BCUT2D eigenvalue weighted by Gasteiger charge is -2.16. The molecule has 0 aliphatic rings. The molecular weight excluding hydrogens is 278 g/mol. The summed E-state index contributed by atoms with van der Waals surface area (Å²) in [5, 5.41) is 40.1. The van der Waals surface area contributed by atoms with Crippen molar-refractivity contribution in [3.63, 3.8) is 0 Å². The molecule has 0 amide bonds. The molecule has 0 bridgehead atoms. The second kappa shape index (κ2) is 6.09. The number of rotatable bonds is 5. The third-order valence-corrected chi connectivity index (χ3v) is 2.69. The Balaban J connectivity index is 3.57. The van der Waals surface area contributed by atoms with Gasteiger partial charge in [0.25, 0.3) is 11.4 Å². The summed E-state index contributed by atoms with van der Waals surface area (Å²) in [5.41, 5.74) is -3.74. The lowest BCUT2D eigenvalue weighted by Crippen LogP contribution is -2.25. The van der Waals surface area contributed by atoms with Crippen molar-refractivity contribution in [2.24, 2.45) is 0 Å². The molecule has 0 aliphatic carbocycles. The maximum Gasteiger partial charge on any atom is 0.300 e. The van der Waals surface area contributed by atoms with Crippen LogP contribution in [-0.4, -0.2) is 14.8 Å². The SMILES string of the molecule is C#CCCC(C#N)(C#N)c1ncc([N+](=O)[O-])cc1[N+](=O)[O-]. The predicted octanol–water partition coefficient (Wildman–Crippen LogP) is 1.60. The van der Waals surface area contributed by atoms with E-state index in [1.807, 2.05) is 0 Å². The quantitative estimate of drug-likeness (QED) is 0.453. The Kier molecular flexibility index (Phi) is 4.51. The summed E-state index contributed by atoms with van der Waals surface area (Å²) < 4.78 is 0. The molecule has 1 rings (SSSR count). The minimum absolute atomic E-state index is 0.0247. The molecule has 0 unspecified atom stereocenters. The van der Waals surface area contributed by atoms with Crippen molar-refractivity contribution in [3.05, 3.63) is 38.2 Å². The summed E-state index contributed by atoms with van der Waals surface area (Å²) in [6.45, 7) is 0. The van der Waals surface area contributed by atoms with E-state index in [0.717, 1.165) is 6.20 Å². The minimum Gasteiger partial charge on any atom is -0.258 e. The van der Waals surface area contributed by atoms with Crippen molar-refractivity contribution < 1.29 is 9.85 Å². The summed E-state index contributed by atoms with van der Waals surface area (Å²) in [7, 11) is 0. The Morgan fingerprint density at radius 2 is 1.90 bits per heavy atom. The molecule has 0 N–H and O–H groups in total. The number of nitriles is 2. The molecule has 9 heteroatoms. The first-order chi connectivity index (χ1) is 9.91. The van der Waals surface area contributed by atoms with Gasteiger partial charge in [-0.2, -0.15) is 10.5 Å². The van der Waals surface area contributed by atoms with Crippen molar-refractivity contribution in [1.82, 2.24) is 4.98 Å². The van der Waals surface area contributed by atoms with Gasteiger partial charge in [0.15, 0.2) is 11.1 Å². The molecule has 0 radical (unpaired) electrons. The van der Waals surface area contributed by atoms with Gasteiger partial charge in [0.2, 0.25) is 0 Å². The number of hydrogen-bond acceptors (Lipinski definition) is 7. The average Bonchev–Trinajstić information content (AvgIpc) is 2.48. The van der Waals surface area contributed by atoms with E-state index in [4.69, 9.17) is 6.42 Å². The highest BCUT2D eigenvalue weighted by Crippen LogP contribution is 2.35. The summed E-state index contributed by atoms with van der Waals surface area (Å²) in [4.78, 5) is 23.5. The maximum atomic E-state index is 11.0. The maximum absolute atomic E-state index is 11.0. The van der Waals surface area contributed by atoms with Gasteiger partial charge in [-0.25, -0.2) is 4.98 Å². The highest BCUT2D eigenvalue weighted by Gasteiger charge is 2.41. The van der Waals surface area contributed by atoms with Crippen molar-refractivity contribution in [2.75, 3.05) is 0 Å². The van der Waals surface area contributed by atoms with Gasteiger partial charge in [-0.05, 0) is 6.42 Å². The molecule has 1 aromatic rings. The molecule has 9 nitrogen and oxygen atoms in total. The summed E-state index contributed by atoms with van der Waals surface area (Å²) in [6, 6.07) is 4.00. The third kappa shape index (κ3) is 2.91. The Hall–Kier alpha value is -3.51. The number of terminal acetylenes is 1. The average molecular weight is 285 g/mol. The van der Waals surface area contributed by atoms with Gasteiger partial charge >= 0.3 is 0 Å². The number of nitrogens with zero attached hydrogens (tertiary/aromatic N) is 5. The highest BCUT2D eigenvalue weighted by molar-refractivity contribution is 5.52. The standard InChI is InChI=1S/C12H7N5O4/c1-2-3-4-12(7-13,8-14)11-10(17(20)21)5-9(6-15-11)16(18)19/h1,5-6H,3-4H2. The molecule has 0 saturated carbocycles. The topological polar surface area (TPSA) is 147 Å². The lowest BCUT2D eigenvalue weighted by atomic mass is 9.82. The van der Waals surface area contributed by atoms with Crippen LogP contribution in [-0.2, 0) is 5.41 Å². The molecule has 21 heavy (non-hydrogen) atoms. The highest BCUT2D eigenvalue weighted by atomic mass is 16.6. The molecule has 1 heterocycles. The Morgan fingerprint density at radius 3 is 2.33 bits per heavy atom. The molecule has 0 aliphatic heterocycles. The van der Waals surface area contributed by atoms with Crippen molar-refractivity contribution >= 4 is 11.4 Å². The first-order valence-electron chi connectivity index (χ1n) is 5.47. The van der Waals surface area contributed by atoms with E-state index in [1.54, 1.807) is 12.1 Å². The third-order valence-electron chi connectivity index (χ3n) is 2.69. The van der Waals surface area contributed by atoms with Crippen LogP contribution in [0.2, 0.25) is 0 Å². The Morgan fingerprint density at radius 1 is 1.29 bits per heavy atom. The zero-order valence-electron chi connectivity index (χ0n) is 10.5.